The Balaban J connectivity index is 1.95. The highest BCUT2D eigenvalue weighted by atomic mass is 19.1. The molecule has 1 atom stereocenters. The number of aliphatic hydroxyl groups is 2. The summed E-state index contributed by atoms with van der Waals surface area (Å²) >= 11 is 0. The fourth-order valence-corrected chi connectivity index (χ4v) is 2.81. The molecule has 0 aliphatic rings. The van der Waals surface area contributed by atoms with Crippen molar-refractivity contribution in [1.29, 1.82) is 0 Å². The molecule has 27 heavy (non-hydrogen) atoms. The van der Waals surface area contributed by atoms with Crippen molar-refractivity contribution >= 4 is 5.97 Å². The van der Waals surface area contributed by atoms with E-state index in [1.165, 1.54) is 6.07 Å². The van der Waals surface area contributed by atoms with Gasteiger partial charge in [-0.2, -0.15) is 0 Å². The van der Waals surface area contributed by atoms with E-state index in [0.29, 0.717) is 30.8 Å². The Morgan fingerprint density at radius 3 is 2.33 bits per heavy atom. The van der Waals surface area contributed by atoms with Gasteiger partial charge in [-0.1, -0.05) is 42.5 Å². The number of hydrogen-bond donors (Lipinski definition) is 2. The standard InChI is InChI=1S/C21H26FNO4/c1-16(21(26)27-14-11-23(9-12-24)10-13-25)18-7-8-19(20(22)15-18)17-5-3-2-4-6-17/h2-8,15-16,24-25H,9-14H2,1H3/t16-/m1/s1. The number of esters is 1. The first kappa shape index (κ1) is 21.0. The quantitative estimate of drug-likeness (QED) is 0.624. The van der Waals surface area contributed by atoms with E-state index in [1.54, 1.807) is 24.0 Å². The molecule has 0 amide bonds. The first-order valence-corrected chi connectivity index (χ1v) is 9.02. The molecular formula is C21H26FNO4. The van der Waals surface area contributed by atoms with Crippen molar-refractivity contribution in [3.8, 4) is 11.1 Å². The number of halogens is 1. The molecule has 0 radical (unpaired) electrons. The summed E-state index contributed by atoms with van der Waals surface area (Å²) in [4.78, 5) is 14.0. The van der Waals surface area contributed by atoms with Crippen molar-refractivity contribution in [3.63, 3.8) is 0 Å². The topological polar surface area (TPSA) is 70.0 Å². The number of rotatable bonds is 10. The number of carbonyl (C=O) groups is 1. The molecule has 146 valence electrons. The minimum atomic E-state index is -0.589. The van der Waals surface area contributed by atoms with E-state index in [1.807, 2.05) is 30.3 Å². The van der Waals surface area contributed by atoms with Gasteiger partial charge in [-0.05, 0) is 24.1 Å². The number of carbonyl (C=O) groups excluding carboxylic acids is 1. The summed E-state index contributed by atoms with van der Waals surface area (Å²) in [7, 11) is 0. The molecular weight excluding hydrogens is 349 g/mol. The van der Waals surface area contributed by atoms with Gasteiger partial charge in [0.05, 0.1) is 19.1 Å². The third kappa shape index (κ3) is 6.13. The SMILES string of the molecule is C[C@@H](C(=O)OCCN(CCO)CCO)c1ccc(-c2ccccc2)c(F)c1. The maximum absolute atomic E-state index is 14.5. The van der Waals surface area contributed by atoms with Crippen molar-refractivity contribution in [2.45, 2.75) is 12.8 Å². The van der Waals surface area contributed by atoms with E-state index in [-0.39, 0.29) is 25.6 Å². The molecule has 0 aromatic heterocycles. The van der Waals surface area contributed by atoms with Gasteiger partial charge >= 0.3 is 5.97 Å². The minimum Gasteiger partial charge on any atom is -0.464 e. The molecule has 0 bridgehead atoms. The van der Waals surface area contributed by atoms with E-state index >= 15 is 0 Å². The molecule has 2 aromatic carbocycles. The van der Waals surface area contributed by atoms with Crippen LogP contribution in [0.5, 0.6) is 0 Å². The van der Waals surface area contributed by atoms with Crippen LogP contribution in [0.4, 0.5) is 4.39 Å². The second kappa shape index (κ2) is 10.8. The molecule has 2 N–H and O–H groups in total. The van der Waals surface area contributed by atoms with Crippen LogP contribution in [0.2, 0.25) is 0 Å². The van der Waals surface area contributed by atoms with Gasteiger partial charge in [-0.3, -0.25) is 9.69 Å². The summed E-state index contributed by atoms with van der Waals surface area (Å²) in [5, 5.41) is 17.9. The van der Waals surface area contributed by atoms with Crippen molar-refractivity contribution < 1.29 is 24.1 Å². The maximum Gasteiger partial charge on any atom is 0.313 e. The van der Waals surface area contributed by atoms with Crippen molar-refractivity contribution in [3.05, 3.63) is 59.9 Å². The molecule has 2 rings (SSSR count). The zero-order valence-electron chi connectivity index (χ0n) is 15.5. The second-order valence-electron chi connectivity index (χ2n) is 6.28. The highest BCUT2D eigenvalue weighted by molar-refractivity contribution is 5.78. The average Bonchev–Trinajstić information content (AvgIpc) is 2.68. The molecule has 0 heterocycles. The zero-order valence-corrected chi connectivity index (χ0v) is 15.5. The van der Waals surface area contributed by atoms with Crippen molar-refractivity contribution in [1.82, 2.24) is 4.90 Å². The molecule has 0 fully saturated rings. The smallest absolute Gasteiger partial charge is 0.313 e. The third-order valence-electron chi connectivity index (χ3n) is 4.42. The maximum atomic E-state index is 14.5. The molecule has 0 saturated carbocycles. The molecule has 0 unspecified atom stereocenters. The highest BCUT2D eigenvalue weighted by Gasteiger charge is 2.19. The Morgan fingerprint density at radius 1 is 1.07 bits per heavy atom. The van der Waals surface area contributed by atoms with Gasteiger partial charge in [0, 0.05) is 25.2 Å². The average molecular weight is 375 g/mol. The zero-order chi connectivity index (χ0) is 19.6. The van der Waals surface area contributed by atoms with Crippen LogP contribution >= 0.6 is 0 Å². The number of ether oxygens (including phenoxy) is 1. The fourth-order valence-electron chi connectivity index (χ4n) is 2.81. The fraction of sp³-hybridized carbons (Fsp3) is 0.381. The first-order chi connectivity index (χ1) is 13.1. The van der Waals surface area contributed by atoms with Crippen LogP contribution < -0.4 is 0 Å². The Morgan fingerprint density at radius 2 is 1.74 bits per heavy atom. The number of hydrogen-bond acceptors (Lipinski definition) is 5. The predicted octanol–water partition coefficient (Wildman–Crippen LogP) is 2.43. The lowest BCUT2D eigenvalue weighted by molar-refractivity contribution is -0.145. The number of nitrogens with zero attached hydrogens (tertiary/aromatic N) is 1. The van der Waals surface area contributed by atoms with E-state index in [4.69, 9.17) is 14.9 Å². The van der Waals surface area contributed by atoms with Gasteiger partial charge in [-0.25, -0.2) is 4.39 Å². The molecule has 0 saturated heterocycles. The lowest BCUT2D eigenvalue weighted by Crippen LogP contribution is -2.33. The Bertz CT molecular complexity index is 717. The Labute approximate surface area is 159 Å². The van der Waals surface area contributed by atoms with Crippen LogP contribution in [0.3, 0.4) is 0 Å². The summed E-state index contributed by atoms with van der Waals surface area (Å²) in [6.45, 7) is 2.99. The molecule has 0 spiro atoms. The largest absolute Gasteiger partial charge is 0.464 e. The number of aliphatic hydroxyl groups excluding tert-OH is 2. The van der Waals surface area contributed by atoms with Gasteiger partial charge in [0.25, 0.3) is 0 Å². The number of benzene rings is 2. The summed E-state index contributed by atoms with van der Waals surface area (Å²) < 4.78 is 19.8. The van der Waals surface area contributed by atoms with Crippen molar-refractivity contribution in [2.75, 3.05) is 39.5 Å². The van der Waals surface area contributed by atoms with E-state index in [9.17, 15) is 9.18 Å². The Hall–Kier alpha value is -2.28. The molecule has 2 aromatic rings. The summed E-state index contributed by atoms with van der Waals surface area (Å²) in [6.07, 6.45) is 0. The van der Waals surface area contributed by atoms with Crippen LogP contribution in [-0.4, -0.2) is 60.5 Å². The van der Waals surface area contributed by atoms with Crippen LogP contribution in [0, 0.1) is 5.82 Å². The minimum absolute atomic E-state index is 0.0304. The van der Waals surface area contributed by atoms with Gasteiger partial charge < -0.3 is 14.9 Å². The van der Waals surface area contributed by atoms with Crippen LogP contribution in [0.15, 0.2) is 48.5 Å². The van der Waals surface area contributed by atoms with E-state index in [0.717, 1.165) is 5.56 Å². The summed E-state index contributed by atoms with van der Waals surface area (Å²) in [5.41, 5.74) is 1.83. The third-order valence-corrected chi connectivity index (χ3v) is 4.42. The normalized spacial score (nSPS) is 12.2. The van der Waals surface area contributed by atoms with Crippen molar-refractivity contribution in [2.24, 2.45) is 0 Å². The lowest BCUT2D eigenvalue weighted by atomic mass is 9.97. The molecule has 0 aliphatic carbocycles. The highest BCUT2D eigenvalue weighted by Crippen LogP contribution is 2.26. The van der Waals surface area contributed by atoms with E-state index in [2.05, 4.69) is 0 Å². The van der Waals surface area contributed by atoms with Crippen LogP contribution in [0.1, 0.15) is 18.4 Å². The van der Waals surface area contributed by atoms with Gasteiger partial charge in [0.1, 0.15) is 12.4 Å². The van der Waals surface area contributed by atoms with Crippen LogP contribution in [-0.2, 0) is 9.53 Å². The second-order valence-corrected chi connectivity index (χ2v) is 6.28. The lowest BCUT2D eigenvalue weighted by Gasteiger charge is -2.20. The first-order valence-electron chi connectivity index (χ1n) is 9.02. The molecule has 5 nitrogen and oxygen atoms in total. The Kier molecular flexibility index (Phi) is 8.39. The summed E-state index contributed by atoms with van der Waals surface area (Å²) in [5.74, 6) is -1.40. The van der Waals surface area contributed by atoms with Gasteiger partial charge in [0.15, 0.2) is 0 Å². The monoisotopic (exact) mass is 375 g/mol. The molecule has 6 heteroatoms. The van der Waals surface area contributed by atoms with Gasteiger partial charge in [0.2, 0.25) is 0 Å². The van der Waals surface area contributed by atoms with Gasteiger partial charge in [-0.15, -0.1) is 0 Å². The predicted molar refractivity (Wildman–Crippen MR) is 102 cm³/mol. The summed E-state index contributed by atoms with van der Waals surface area (Å²) in [6, 6.07) is 14.0. The molecule has 0 aliphatic heterocycles. The van der Waals surface area contributed by atoms with Crippen LogP contribution in [0.25, 0.3) is 11.1 Å². The van der Waals surface area contributed by atoms with E-state index < -0.39 is 11.9 Å².